The standard InChI is InChI=1S/C13H24N4O/c1-9(14)6-7-15-12(18)11-8-16-17(10(11)2)13(3,4)5/h8-9H,6-7,14H2,1-5H3,(H,15,18). The molecule has 5 nitrogen and oxygen atoms in total. The van der Waals surface area contributed by atoms with Crippen LogP contribution in [0.3, 0.4) is 0 Å². The summed E-state index contributed by atoms with van der Waals surface area (Å²) in [5.41, 5.74) is 7.05. The summed E-state index contributed by atoms with van der Waals surface area (Å²) in [5, 5.41) is 7.15. The first-order valence-electron chi connectivity index (χ1n) is 6.32. The molecule has 3 N–H and O–H groups in total. The van der Waals surface area contributed by atoms with Crippen molar-refractivity contribution in [1.29, 1.82) is 0 Å². The van der Waals surface area contributed by atoms with E-state index in [0.717, 1.165) is 12.1 Å². The molecular formula is C13H24N4O. The molecule has 0 aliphatic heterocycles. The Morgan fingerprint density at radius 1 is 1.56 bits per heavy atom. The Morgan fingerprint density at radius 2 is 2.17 bits per heavy atom. The van der Waals surface area contributed by atoms with Gasteiger partial charge in [0.05, 0.1) is 17.3 Å². The number of nitrogens with one attached hydrogen (secondary N) is 1. The zero-order valence-corrected chi connectivity index (χ0v) is 11.9. The fourth-order valence-corrected chi connectivity index (χ4v) is 1.82. The second-order valence-electron chi connectivity index (χ2n) is 5.75. The summed E-state index contributed by atoms with van der Waals surface area (Å²) in [6, 6.07) is 0.101. The Balaban J connectivity index is 2.73. The molecule has 1 aromatic rings. The van der Waals surface area contributed by atoms with Crippen LogP contribution in [0.4, 0.5) is 0 Å². The number of carbonyl (C=O) groups is 1. The second kappa shape index (κ2) is 5.52. The lowest BCUT2D eigenvalue weighted by molar-refractivity contribution is 0.0952. The molecule has 1 amide bonds. The van der Waals surface area contributed by atoms with Crippen LogP contribution in [0.15, 0.2) is 6.20 Å². The summed E-state index contributed by atoms with van der Waals surface area (Å²) in [7, 11) is 0. The lowest BCUT2D eigenvalue weighted by Gasteiger charge is -2.21. The molecule has 0 saturated carbocycles. The van der Waals surface area contributed by atoms with Crippen LogP contribution in [0, 0.1) is 6.92 Å². The molecule has 1 rings (SSSR count). The van der Waals surface area contributed by atoms with Crippen LogP contribution in [0.1, 0.15) is 50.2 Å². The zero-order valence-electron chi connectivity index (χ0n) is 11.9. The number of carbonyl (C=O) groups excluding carboxylic acids is 1. The maximum atomic E-state index is 12.0. The zero-order chi connectivity index (χ0) is 13.9. The smallest absolute Gasteiger partial charge is 0.254 e. The normalized spacial score (nSPS) is 13.4. The van der Waals surface area contributed by atoms with E-state index in [4.69, 9.17) is 5.73 Å². The third-order valence-electron chi connectivity index (χ3n) is 2.78. The molecule has 1 atom stereocenters. The van der Waals surface area contributed by atoms with Crippen molar-refractivity contribution in [2.24, 2.45) is 5.73 Å². The maximum absolute atomic E-state index is 12.0. The third kappa shape index (κ3) is 3.57. The minimum absolute atomic E-state index is 0.0800. The van der Waals surface area contributed by atoms with E-state index in [0.29, 0.717) is 12.1 Å². The molecule has 102 valence electrons. The molecule has 0 aromatic carbocycles. The molecule has 0 spiro atoms. The van der Waals surface area contributed by atoms with Crippen LogP contribution in [0.25, 0.3) is 0 Å². The van der Waals surface area contributed by atoms with Gasteiger partial charge in [0.25, 0.3) is 5.91 Å². The SMILES string of the molecule is Cc1c(C(=O)NCCC(C)N)cnn1C(C)(C)C. The Hall–Kier alpha value is -1.36. The predicted octanol–water partition coefficient (Wildman–Crippen LogP) is 1.41. The molecule has 0 aliphatic rings. The minimum atomic E-state index is -0.117. The van der Waals surface area contributed by atoms with Crippen molar-refractivity contribution in [1.82, 2.24) is 15.1 Å². The van der Waals surface area contributed by atoms with E-state index in [-0.39, 0.29) is 17.5 Å². The van der Waals surface area contributed by atoms with Crippen LogP contribution in [0.5, 0.6) is 0 Å². The van der Waals surface area contributed by atoms with Gasteiger partial charge in [0.15, 0.2) is 0 Å². The molecule has 0 saturated heterocycles. The van der Waals surface area contributed by atoms with E-state index in [1.54, 1.807) is 6.20 Å². The van der Waals surface area contributed by atoms with Crippen LogP contribution < -0.4 is 11.1 Å². The molecule has 0 fully saturated rings. The van der Waals surface area contributed by atoms with Crippen molar-refractivity contribution < 1.29 is 4.79 Å². The van der Waals surface area contributed by atoms with Gasteiger partial charge in [0, 0.05) is 18.3 Å². The highest BCUT2D eigenvalue weighted by Crippen LogP contribution is 2.18. The number of amides is 1. The van der Waals surface area contributed by atoms with Crippen LogP contribution in [0.2, 0.25) is 0 Å². The highest BCUT2D eigenvalue weighted by Gasteiger charge is 2.21. The van der Waals surface area contributed by atoms with E-state index >= 15 is 0 Å². The van der Waals surface area contributed by atoms with Gasteiger partial charge in [-0.05, 0) is 41.0 Å². The van der Waals surface area contributed by atoms with Crippen molar-refractivity contribution in [2.75, 3.05) is 6.54 Å². The maximum Gasteiger partial charge on any atom is 0.254 e. The van der Waals surface area contributed by atoms with E-state index in [2.05, 4.69) is 31.2 Å². The molecule has 18 heavy (non-hydrogen) atoms. The summed E-state index contributed by atoms with van der Waals surface area (Å²) < 4.78 is 1.87. The van der Waals surface area contributed by atoms with Gasteiger partial charge in [-0.15, -0.1) is 0 Å². The fourth-order valence-electron chi connectivity index (χ4n) is 1.82. The topological polar surface area (TPSA) is 72.9 Å². The first kappa shape index (κ1) is 14.7. The van der Waals surface area contributed by atoms with Gasteiger partial charge in [0.1, 0.15) is 0 Å². The number of aromatic nitrogens is 2. The molecule has 0 aliphatic carbocycles. The van der Waals surface area contributed by atoms with Crippen molar-refractivity contribution in [3.63, 3.8) is 0 Å². The average Bonchev–Trinajstić information content (AvgIpc) is 2.58. The minimum Gasteiger partial charge on any atom is -0.352 e. The molecule has 0 bridgehead atoms. The predicted molar refractivity (Wildman–Crippen MR) is 72.6 cm³/mol. The Labute approximate surface area is 109 Å². The number of hydrogen-bond acceptors (Lipinski definition) is 3. The Kier molecular flexibility index (Phi) is 4.51. The highest BCUT2D eigenvalue weighted by molar-refractivity contribution is 5.95. The highest BCUT2D eigenvalue weighted by atomic mass is 16.1. The average molecular weight is 252 g/mol. The molecular weight excluding hydrogens is 228 g/mol. The van der Waals surface area contributed by atoms with Crippen molar-refractivity contribution in [3.05, 3.63) is 17.5 Å². The van der Waals surface area contributed by atoms with Gasteiger partial charge < -0.3 is 11.1 Å². The second-order valence-corrected chi connectivity index (χ2v) is 5.75. The van der Waals surface area contributed by atoms with E-state index in [9.17, 15) is 4.79 Å². The first-order valence-corrected chi connectivity index (χ1v) is 6.32. The van der Waals surface area contributed by atoms with Crippen molar-refractivity contribution >= 4 is 5.91 Å². The molecule has 1 heterocycles. The Morgan fingerprint density at radius 3 is 2.61 bits per heavy atom. The van der Waals surface area contributed by atoms with Gasteiger partial charge in [-0.1, -0.05) is 0 Å². The molecule has 1 unspecified atom stereocenters. The lowest BCUT2D eigenvalue weighted by atomic mass is 10.1. The monoisotopic (exact) mass is 252 g/mol. The quantitative estimate of drug-likeness (QED) is 0.851. The number of hydrogen-bond donors (Lipinski definition) is 2. The summed E-state index contributed by atoms with van der Waals surface area (Å²) in [6.07, 6.45) is 2.40. The number of rotatable bonds is 4. The van der Waals surface area contributed by atoms with E-state index in [1.165, 1.54) is 0 Å². The summed E-state index contributed by atoms with van der Waals surface area (Å²) in [4.78, 5) is 12.0. The van der Waals surface area contributed by atoms with Gasteiger partial charge >= 0.3 is 0 Å². The number of nitrogens with zero attached hydrogens (tertiary/aromatic N) is 2. The molecule has 1 aromatic heterocycles. The van der Waals surface area contributed by atoms with Gasteiger partial charge in [-0.25, -0.2) is 0 Å². The van der Waals surface area contributed by atoms with Gasteiger partial charge in [-0.2, -0.15) is 5.10 Å². The molecule has 0 radical (unpaired) electrons. The van der Waals surface area contributed by atoms with Gasteiger partial charge in [-0.3, -0.25) is 9.48 Å². The van der Waals surface area contributed by atoms with E-state index < -0.39 is 0 Å². The Bertz CT molecular complexity index is 415. The first-order chi connectivity index (χ1) is 8.23. The lowest BCUT2D eigenvalue weighted by Crippen LogP contribution is -2.30. The largest absolute Gasteiger partial charge is 0.352 e. The summed E-state index contributed by atoms with van der Waals surface area (Å²) in [5.74, 6) is -0.0800. The fraction of sp³-hybridized carbons (Fsp3) is 0.692. The summed E-state index contributed by atoms with van der Waals surface area (Å²) >= 11 is 0. The van der Waals surface area contributed by atoms with Crippen molar-refractivity contribution in [2.45, 2.75) is 52.6 Å². The number of nitrogens with two attached hydrogens (primary N) is 1. The van der Waals surface area contributed by atoms with E-state index in [1.807, 2.05) is 18.5 Å². The van der Waals surface area contributed by atoms with Crippen LogP contribution >= 0.6 is 0 Å². The third-order valence-corrected chi connectivity index (χ3v) is 2.78. The van der Waals surface area contributed by atoms with Crippen LogP contribution in [-0.2, 0) is 5.54 Å². The summed E-state index contributed by atoms with van der Waals surface area (Å²) in [6.45, 7) is 10.6. The van der Waals surface area contributed by atoms with Crippen LogP contribution in [-0.4, -0.2) is 28.3 Å². The molecule has 5 heteroatoms. The van der Waals surface area contributed by atoms with Crippen molar-refractivity contribution in [3.8, 4) is 0 Å². The van der Waals surface area contributed by atoms with Gasteiger partial charge in [0.2, 0.25) is 0 Å².